The number of benzene rings is 1. The van der Waals surface area contributed by atoms with Gasteiger partial charge in [0, 0.05) is 11.1 Å². The van der Waals surface area contributed by atoms with Crippen molar-refractivity contribution in [3.63, 3.8) is 0 Å². The first-order valence-corrected chi connectivity index (χ1v) is 6.40. The maximum Gasteiger partial charge on any atom is 0.355 e. The number of carbonyl (C=O) groups is 1. The van der Waals surface area contributed by atoms with E-state index in [-0.39, 0.29) is 5.69 Å². The van der Waals surface area contributed by atoms with Crippen LogP contribution in [0, 0.1) is 18.3 Å². The molecule has 0 unspecified atom stereocenters. The van der Waals surface area contributed by atoms with Crippen LogP contribution in [0.1, 0.15) is 26.6 Å². The van der Waals surface area contributed by atoms with E-state index in [1.807, 2.05) is 19.1 Å². The van der Waals surface area contributed by atoms with Crippen molar-refractivity contribution < 1.29 is 9.90 Å². The van der Waals surface area contributed by atoms with Gasteiger partial charge in [0.1, 0.15) is 5.01 Å². The number of nitriles is 1. The van der Waals surface area contributed by atoms with E-state index in [1.54, 1.807) is 6.07 Å². The van der Waals surface area contributed by atoms with Crippen molar-refractivity contribution in [3.8, 4) is 6.07 Å². The molecule has 0 aliphatic rings. The minimum atomic E-state index is -1.02. The zero-order valence-electron chi connectivity index (χ0n) is 10.2. The number of anilines is 1. The van der Waals surface area contributed by atoms with Crippen LogP contribution in [0.3, 0.4) is 0 Å². The zero-order valence-corrected chi connectivity index (χ0v) is 11.0. The predicted molar refractivity (Wildman–Crippen MR) is 72.3 cm³/mol. The highest BCUT2D eigenvalue weighted by Crippen LogP contribution is 2.16. The highest BCUT2D eigenvalue weighted by atomic mass is 32.1. The van der Waals surface area contributed by atoms with Crippen LogP contribution in [0.4, 0.5) is 5.69 Å². The van der Waals surface area contributed by atoms with Crippen LogP contribution < -0.4 is 5.32 Å². The molecule has 0 saturated carbocycles. The Morgan fingerprint density at radius 2 is 2.37 bits per heavy atom. The van der Waals surface area contributed by atoms with E-state index in [1.165, 1.54) is 16.7 Å². The van der Waals surface area contributed by atoms with Crippen LogP contribution in [-0.4, -0.2) is 16.1 Å². The first kappa shape index (κ1) is 13.1. The number of thiazole rings is 1. The lowest BCUT2D eigenvalue weighted by atomic mass is 10.1. The van der Waals surface area contributed by atoms with E-state index in [2.05, 4.69) is 16.4 Å². The standard InChI is InChI=1S/C13H11N3O2S/c1-8-4-10(3-2-9(8)5-14)15-6-12-16-11(7-19-12)13(17)18/h2-4,7,15H,6H2,1H3,(H,17,18). The molecule has 2 rings (SSSR count). The molecule has 0 aliphatic heterocycles. The van der Waals surface area contributed by atoms with Gasteiger partial charge in [-0.05, 0) is 30.7 Å². The second-order valence-corrected chi connectivity index (χ2v) is 4.87. The van der Waals surface area contributed by atoms with Gasteiger partial charge in [0.05, 0.1) is 18.2 Å². The Morgan fingerprint density at radius 1 is 1.58 bits per heavy atom. The van der Waals surface area contributed by atoms with Crippen molar-refractivity contribution >= 4 is 23.0 Å². The Hall–Kier alpha value is -2.39. The number of nitrogens with zero attached hydrogens (tertiary/aromatic N) is 2. The summed E-state index contributed by atoms with van der Waals surface area (Å²) in [6, 6.07) is 7.56. The number of aromatic nitrogens is 1. The predicted octanol–water partition coefficient (Wildman–Crippen LogP) is 2.63. The molecule has 2 aromatic rings. The molecule has 0 spiro atoms. The van der Waals surface area contributed by atoms with Crippen molar-refractivity contribution in [1.29, 1.82) is 5.26 Å². The molecule has 0 aliphatic carbocycles. The lowest BCUT2D eigenvalue weighted by Gasteiger charge is -2.06. The van der Waals surface area contributed by atoms with Gasteiger partial charge >= 0.3 is 5.97 Å². The molecule has 5 nitrogen and oxygen atoms in total. The first-order valence-electron chi connectivity index (χ1n) is 5.52. The summed E-state index contributed by atoms with van der Waals surface area (Å²) in [5.41, 5.74) is 2.49. The molecule has 0 fully saturated rings. The molecule has 0 saturated heterocycles. The molecular weight excluding hydrogens is 262 g/mol. The summed E-state index contributed by atoms with van der Waals surface area (Å²) in [4.78, 5) is 14.7. The number of rotatable bonds is 4. The maximum absolute atomic E-state index is 10.7. The molecule has 0 amide bonds. The highest BCUT2D eigenvalue weighted by Gasteiger charge is 2.08. The summed E-state index contributed by atoms with van der Waals surface area (Å²) in [6.45, 7) is 2.33. The van der Waals surface area contributed by atoms with Gasteiger partial charge in [0.2, 0.25) is 0 Å². The van der Waals surface area contributed by atoms with Crippen LogP contribution >= 0.6 is 11.3 Å². The van der Waals surface area contributed by atoms with Gasteiger partial charge in [-0.15, -0.1) is 11.3 Å². The summed E-state index contributed by atoms with van der Waals surface area (Å²) in [7, 11) is 0. The number of hydrogen-bond donors (Lipinski definition) is 2. The largest absolute Gasteiger partial charge is 0.476 e. The molecule has 0 atom stereocenters. The molecule has 0 radical (unpaired) electrons. The van der Waals surface area contributed by atoms with Crippen LogP contribution in [0.5, 0.6) is 0 Å². The highest BCUT2D eigenvalue weighted by molar-refractivity contribution is 7.09. The second kappa shape index (κ2) is 5.50. The number of aryl methyl sites for hydroxylation is 1. The van der Waals surface area contributed by atoms with Crippen molar-refractivity contribution in [1.82, 2.24) is 4.98 Å². The first-order chi connectivity index (χ1) is 9.10. The van der Waals surface area contributed by atoms with E-state index in [4.69, 9.17) is 10.4 Å². The third-order valence-corrected chi connectivity index (χ3v) is 3.41. The van der Waals surface area contributed by atoms with Crippen molar-refractivity contribution in [2.75, 3.05) is 5.32 Å². The Labute approximate surface area is 114 Å². The van der Waals surface area contributed by atoms with E-state index in [0.717, 1.165) is 11.3 Å². The molecule has 6 heteroatoms. The fraction of sp³-hybridized carbons (Fsp3) is 0.154. The van der Waals surface area contributed by atoms with Gasteiger partial charge in [-0.2, -0.15) is 5.26 Å². The lowest BCUT2D eigenvalue weighted by Crippen LogP contribution is -2.01. The minimum Gasteiger partial charge on any atom is -0.476 e. The van der Waals surface area contributed by atoms with Gasteiger partial charge in [-0.1, -0.05) is 0 Å². The number of aromatic carboxylic acids is 1. The van der Waals surface area contributed by atoms with E-state index in [0.29, 0.717) is 17.1 Å². The summed E-state index contributed by atoms with van der Waals surface area (Å²) < 4.78 is 0. The van der Waals surface area contributed by atoms with Gasteiger partial charge in [-0.3, -0.25) is 0 Å². The minimum absolute atomic E-state index is 0.0674. The number of nitrogens with one attached hydrogen (secondary N) is 1. The van der Waals surface area contributed by atoms with Crippen molar-refractivity contribution in [2.45, 2.75) is 13.5 Å². The molecule has 19 heavy (non-hydrogen) atoms. The van der Waals surface area contributed by atoms with Crippen molar-refractivity contribution in [3.05, 3.63) is 45.4 Å². The Kier molecular flexibility index (Phi) is 3.78. The average Bonchev–Trinajstić information content (AvgIpc) is 2.85. The molecule has 2 N–H and O–H groups in total. The van der Waals surface area contributed by atoms with E-state index >= 15 is 0 Å². The van der Waals surface area contributed by atoms with Gasteiger partial charge in [0.25, 0.3) is 0 Å². The van der Waals surface area contributed by atoms with Gasteiger partial charge < -0.3 is 10.4 Å². The number of carboxylic acid groups (broad SMARTS) is 1. The maximum atomic E-state index is 10.7. The van der Waals surface area contributed by atoms with Crippen LogP contribution in [-0.2, 0) is 6.54 Å². The van der Waals surface area contributed by atoms with Gasteiger partial charge in [-0.25, -0.2) is 9.78 Å². The fourth-order valence-electron chi connectivity index (χ4n) is 1.57. The third kappa shape index (κ3) is 3.09. The van der Waals surface area contributed by atoms with Crippen LogP contribution in [0.15, 0.2) is 23.6 Å². The molecule has 1 heterocycles. The Morgan fingerprint density at radius 3 is 2.95 bits per heavy atom. The second-order valence-electron chi connectivity index (χ2n) is 3.93. The molecular formula is C13H11N3O2S. The van der Waals surface area contributed by atoms with Gasteiger partial charge in [0.15, 0.2) is 5.69 Å². The molecule has 0 bridgehead atoms. The van der Waals surface area contributed by atoms with E-state index in [9.17, 15) is 4.79 Å². The number of hydrogen-bond acceptors (Lipinski definition) is 5. The normalized spacial score (nSPS) is 9.89. The lowest BCUT2D eigenvalue weighted by molar-refractivity contribution is 0.0691. The monoisotopic (exact) mass is 273 g/mol. The average molecular weight is 273 g/mol. The van der Waals surface area contributed by atoms with Crippen molar-refractivity contribution in [2.24, 2.45) is 0 Å². The number of carboxylic acids is 1. The SMILES string of the molecule is Cc1cc(NCc2nc(C(=O)O)cs2)ccc1C#N. The van der Waals surface area contributed by atoms with Crippen LogP contribution in [0.25, 0.3) is 0 Å². The van der Waals surface area contributed by atoms with Crippen LogP contribution in [0.2, 0.25) is 0 Å². The smallest absolute Gasteiger partial charge is 0.355 e. The summed E-state index contributed by atoms with van der Waals surface area (Å²) in [5.74, 6) is -1.02. The molecule has 1 aromatic heterocycles. The Balaban J connectivity index is 2.04. The summed E-state index contributed by atoms with van der Waals surface area (Å²) >= 11 is 1.30. The quantitative estimate of drug-likeness (QED) is 0.894. The molecule has 96 valence electrons. The summed E-state index contributed by atoms with van der Waals surface area (Å²) in [6.07, 6.45) is 0. The topological polar surface area (TPSA) is 86.0 Å². The fourth-order valence-corrected chi connectivity index (χ4v) is 2.27. The summed E-state index contributed by atoms with van der Waals surface area (Å²) in [5, 5.41) is 23.0. The third-order valence-electron chi connectivity index (χ3n) is 2.56. The van der Waals surface area contributed by atoms with E-state index < -0.39 is 5.97 Å². The Bertz CT molecular complexity index is 658. The zero-order chi connectivity index (χ0) is 13.8. The molecule has 1 aromatic carbocycles.